The fourth-order valence-corrected chi connectivity index (χ4v) is 2.99. The molecule has 0 atom stereocenters. The van der Waals surface area contributed by atoms with Crippen molar-refractivity contribution in [3.63, 3.8) is 0 Å². The fourth-order valence-electron chi connectivity index (χ4n) is 2.99. The molecule has 1 N–H and O–H groups in total. The lowest BCUT2D eigenvalue weighted by Gasteiger charge is -2.21. The maximum atomic E-state index is 12.7. The Balaban J connectivity index is 2.08. The van der Waals surface area contributed by atoms with Crippen LogP contribution in [0.25, 0.3) is 0 Å². The lowest BCUT2D eigenvalue weighted by molar-refractivity contribution is 0.0755. The van der Waals surface area contributed by atoms with E-state index in [9.17, 15) is 9.59 Å². The van der Waals surface area contributed by atoms with E-state index in [2.05, 4.69) is 10.3 Å². The van der Waals surface area contributed by atoms with Crippen LogP contribution in [0.4, 0.5) is 0 Å². The predicted octanol–water partition coefficient (Wildman–Crippen LogP) is 3.29. The number of hydrogen-bond donors (Lipinski definition) is 1. The highest BCUT2D eigenvalue weighted by molar-refractivity contribution is 5.99. The second-order valence-electron chi connectivity index (χ2n) is 6.63. The summed E-state index contributed by atoms with van der Waals surface area (Å²) < 4.78 is 10.5. The van der Waals surface area contributed by atoms with Gasteiger partial charge in [-0.2, -0.15) is 0 Å². The van der Waals surface area contributed by atoms with Gasteiger partial charge in [0.2, 0.25) is 0 Å². The van der Waals surface area contributed by atoms with Crippen LogP contribution < -0.4 is 14.8 Å². The highest BCUT2D eigenvalue weighted by atomic mass is 16.5. The molecule has 0 aliphatic carbocycles. The number of benzene rings is 1. The summed E-state index contributed by atoms with van der Waals surface area (Å²) in [4.78, 5) is 31.2. The van der Waals surface area contributed by atoms with Gasteiger partial charge < -0.3 is 19.7 Å². The van der Waals surface area contributed by atoms with E-state index in [4.69, 9.17) is 9.47 Å². The Bertz CT molecular complexity index is 833. The van der Waals surface area contributed by atoms with E-state index in [-0.39, 0.29) is 11.8 Å². The molecule has 0 spiro atoms. The van der Waals surface area contributed by atoms with Crippen molar-refractivity contribution in [2.24, 2.45) is 0 Å². The number of nitrogens with zero attached hydrogens (tertiary/aromatic N) is 2. The van der Waals surface area contributed by atoms with Gasteiger partial charge in [-0.1, -0.05) is 19.9 Å². The van der Waals surface area contributed by atoms with Crippen LogP contribution in [-0.4, -0.2) is 49.0 Å². The molecular formula is C22H29N3O4. The van der Waals surface area contributed by atoms with E-state index in [1.807, 2.05) is 26.0 Å². The van der Waals surface area contributed by atoms with Crippen LogP contribution in [0.5, 0.6) is 11.5 Å². The molecule has 29 heavy (non-hydrogen) atoms. The van der Waals surface area contributed by atoms with E-state index in [0.29, 0.717) is 42.3 Å². The number of carbonyl (C=O) groups excluding carboxylic acids is 2. The predicted molar refractivity (Wildman–Crippen MR) is 111 cm³/mol. The van der Waals surface area contributed by atoms with E-state index in [1.54, 1.807) is 31.3 Å². The third-order valence-corrected chi connectivity index (χ3v) is 4.42. The van der Waals surface area contributed by atoms with Gasteiger partial charge in [-0.25, -0.2) is 0 Å². The number of aromatic nitrogens is 1. The van der Waals surface area contributed by atoms with E-state index < -0.39 is 0 Å². The number of hydrogen-bond acceptors (Lipinski definition) is 5. The van der Waals surface area contributed by atoms with Crippen molar-refractivity contribution < 1.29 is 19.1 Å². The molecule has 7 nitrogen and oxygen atoms in total. The normalized spacial score (nSPS) is 10.3. The second kappa shape index (κ2) is 11.0. The molecule has 0 bridgehead atoms. The summed E-state index contributed by atoms with van der Waals surface area (Å²) in [5.41, 5.74) is 1.64. The fraction of sp³-hybridized carbons (Fsp3) is 0.409. The summed E-state index contributed by atoms with van der Waals surface area (Å²) in [5, 5.41) is 2.85. The van der Waals surface area contributed by atoms with Crippen LogP contribution in [0.15, 0.2) is 36.7 Å². The van der Waals surface area contributed by atoms with Gasteiger partial charge in [0.15, 0.2) is 11.5 Å². The molecule has 156 valence electrons. The van der Waals surface area contributed by atoms with Gasteiger partial charge in [0, 0.05) is 32.0 Å². The molecule has 0 saturated heterocycles. The number of carbonyl (C=O) groups is 2. The largest absolute Gasteiger partial charge is 0.493 e. The number of ether oxygens (including phenoxy) is 2. The van der Waals surface area contributed by atoms with E-state index >= 15 is 0 Å². The van der Waals surface area contributed by atoms with Gasteiger partial charge in [0.1, 0.15) is 0 Å². The maximum absolute atomic E-state index is 12.7. The molecule has 0 saturated carbocycles. The van der Waals surface area contributed by atoms with Gasteiger partial charge in [-0.05, 0) is 36.6 Å². The molecule has 0 radical (unpaired) electrons. The Morgan fingerprint density at radius 1 is 0.966 bits per heavy atom. The van der Waals surface area contributed by atoms with Gasteiger partial charge >= 0.3 is 0 Å². The van der Waals surface area contributed by atoms with Gasteiger partial charge in [0.25, 0.3) is 11.8 Å². The Kier molecular flexibility index (Phi) is 8.45. The van der Waals surface area contributed by atoms with Crippen molar-refractivity contribution in [2.75, 3.05) is 27.3 Å². The SMILES string of the molecule is CCCN(CCC)C(=O)c1cncc(C(=O)NCc2ccc(OC)c(OC)c2)c1. The lowest BCUT2D eigenvalue weighted by Crippen LogP contribution is -2.33. The third kappa shape index (κ3) is 5.94. The average molecular weight is 399 g/mol. The second-order valence-corrected chi connectivity index (χ2v) is 6.63. The Hall–Kier alpha value is -3.09. The summed E-state index contributed by atoms with van der Waals surface area (Å²) in [6, 6.07) is 7.05. The topological polar surface area (TPSA) is 80.8 Å². The molecule has 1 heterocycles. The van der Waals surface area contributed by atoms with Crippen LogP contribution in [0.2, 0.25) is 0 Å². The minimum atomic E-state index is -0.292. The Labute approximate surface area is 172 Å². The molecule has 2 aromatic rings. The maximum Gasteiger partial charge on any atom is 0.255 e. The molecule has 1 aromatic heterocycles. The smallest absolute Gasteiger partial charge is 0.255 e. The first-order valence-electron chi connectivity index (χ1n) is 9.77. The van der Waals surface area contributed by atoms with E-state index in [1.165, 1.54) is 12.4 Å². The van der Waals surface area contributed by atoms with Crippen molar-refractivity contribution in [3.8, 4) is 11.5 Å². The number of methoxy groups -OCH3 is 2. The number of pyridine rings is 1. The van der Waals surface area contributed by atoms with Crippen LogP contribution in [0.1, 0.15) is 53.0 Å². The molecule has 2 amide bonds. The van der Waals surface area contributed by atoms with Crippen molar-refractivity contribution in [1.82, 2.24) is 15.2 Å². The molecule has 1 aromatic carbocycles. The minimum absolute atomic E-state index is 0.101. The molecule has 0 aliphatic heterocycles. The molecule has 2 rings (SSSR count). The summed E-state index contributed by atoms with van der Waals surface area (Å²) >= 11 is 0. The zero-order valence-electron chi connectivity index (χ0n) is 17.5. The monoisotopic (exact) mass is 399 g/mol. The molecule has 0 unspecified atom stereocenters. The summed E-state index contributed by atoms with van der Waals surface area (Å²) in [6.07, 6.45) is 4.73. The average Bonchev–Trinajstić information content (AvgIpc) is 2.76. The molecule has 7 heteroatoms. The first kappa shape index (κ1) is 22.2. The zero-order valence-corrected chi connectivity index (χ0v) is 17.5. The standard InChI is InChI=1S/C22H29N3O4/c1-5-9-25(10-6-2)22(27)18-12-17(14-23-15-18)21(26)24-13-16-7-8-19(28-3)20(11-16)29-4/h7-8,11-12,14-15H,5-6,9-10,13H2,1-4H3,(H,24,26). The lowest BCUT2D eigenvalue weighted by atomic mass is 10.1. The van der Waals surface area contributed by atoms with Crippen molar-refractivity contribution in [2.45, 2.75) is 33.2 Å². The van der Waals surface area contributed by atoms with Crippen LogP contribution in [-0.2, 0) is 6.54 Å². The number of rotatable bonds is 10. The third-order valence-electron chi connectivity index (χ3n) is 4.42. The van der Waals surface area contributed by atoms with Crippen LogP contribution >= 0.6 is 0 Å². The minimum Gasteiger partial charge on any atom is -0.493 e. The zero-order chi connectivity index (χ0) is 21.2. The molecule has 0 fully saturated rings. The summed E-state index contributed by atoms with van der Waals surface area (Å²) in [6.45, 7) is 5.75. The van der Waals surface area contributed by atoms with Crippen LogP contribution in [0.3, 0.4) is 0 Å². The highest BCUT2D eigenvalue weighted by Crippen LogP contribution is 2.27. The van der Waals surface area contributed by atoms with Gasteiger partial charge in [0.05, 0.1) is 25.3 Å². The quantitative estimate of drug-likeness (QED) is 0.663. The van der Waals surface area contributed by atoms with Crippen LogP contribution in [0, 0.1) is 0 Å². The highest BCUT2D eigenvalue weighted by Gasteiger charge is 2.17. The van der Waals surface area contributed by atoms with Crippen molar-refractivity contribution >= 4 is 11.8 Å². The molecular weight excluding hydrogens is 370 g/mol. The Morgan fingerprint density at radius 3 is 2.24 bits per heavy atom. The first-order valence-corrected chi connectivity index (χ1v) is 9.77. The number of amides is 2. The van der Waals surface area contributed by atoms with E-state index in [0.717, 1.165) is 18.4 Å². The van der Waals surface area contributed by atoms with Crippen molar-refractivity contribution in [1.29, 1.82) is 0 Å². The number of nitrogens with one attached hydrogen (secondary N) is 1. The van der Waals surface area contributed by atoms with Gasteiger partial charge in [-0.15, -0.1) is 0 Å². The van der Waals surface area contributed by atoms with Crippen molar-refractivity contribution in [3.05, 3.63) is 53.3 Å². The molecule has 0 aliphatic rings. The summed E-state index contributed by atoms with van der Waals surface area (Å²) in [5.74, 6) is 0.831. The Morgan fingerprint density at radius 2 is 1.62 bits per heavy atom. The van der Waals surface area contributed by atoms with Gasteiger partial charge in [-0.3, -0.25) is 14.6 Å². The first-order chi connectivity index (χ1) is 14.0. The summed E-state index contributed by atoms with van der Waals surface area (Å²) in [7, 11) is 3.14.